The molecule has 0 bridgehead atoms. The first-order valence-corrected chi connectivity index (χ1v) is 10.3. The second kappa shape index (κ2) is 6.43. The molecule has 30 heavy (non-hydrogen) atoms. The number of hydrogen-bond donors (Lipinski definition) is 1. The molecule has 2 aromatic heterocycles. The first kappa shape index (κ1) is 19.8. The predicted octanol–water partition coefficient (Wildman–Crippen LogP) is 3.35. The molecule has 3 aliphatic rings. The number of anilines is 1. The fourth-order valence-corrected chi connectivity index (χ4v) is 4.88. The van der Waals surface area contributed by atoms with Crippen molar-refractivity contribution in [3.63, 3.8) is 0 Å². The van der Waals surface area contributed by atoms with Crippen LogP contribution in [-0.2, 0) is 16.5 Å². The van der Waals surface area contributed by atoms with Gasteiger partial charge in [-0.3, -0.25) is 9.58 Å². The summed E-state index contributed by atoms with van der Waals surface area (Å²) < 4.78 is 47.2. The van der Waals surface area contributed by atoms with Gasteiger partial charge in [0.25, 0.3) is 0 Å². The number of halogens is 3. The first-order valence-electron chi connectivity index (χ1n) is 10.3. The van der Waals surface area contributed by atoms with Gasteiger partial charge in [-0.15, -0.1) is 0 Å². The molecule has 2 aromatic rings. The highest BCUT2D eigenvalue weighted by Gasteiger charge is 2.59. The summed E-state index contributed by atoms with van der Waals surface area (Å²) in [5.74, 6) is 1.03. The van der Waals surface area contributed by atoms with Crippen LogP contribution in [-0.4, -0.2) is 52.0 Å². The molecular formula is C21H26F3N5O. The number of nitrogen functional groups attached to an aromatic ring is 1. The van der Waals surface area contributed by atoms with Crippen LogP contribution in [0.2, 0.25) is 0 Å². The number of nitrogens with zero attached hydrogens (tertiary/aromatic N) is 4. The number of ether oxygens (including phenoxy) is 1. The lowest BCUT2D eigenvalue weighted by Crippen LogP contribution is -2.48. The van der Waals surface area contributed by atoms with E-state index in [2.05, 4.69) is 30.7 Å². The fraction of sp³-hybridized carbons (Fsp3) is 0.619. The predicted molar refractivity (Wildman–Crippen MR) is 106 cm³/mol. The van der Waals surface area contributed by atoms with E-state index >= 15 is 0 Å². The van der Waals surface area contributed by atoms with Crippen LogP contribution in [0.25, 0.3) is 11.3 Å². The zero-order valence-corrected chi connectivity index (χ0v) is 17.3. The molecule has 3 atom stereocenters. The number of hydrogen-bond acceptors (Lipinski definition) is 5. The Hall–Kier alpha value is -2.13. The topological polar surface area (TPSA) is 69.2 Å². The van der Waals surface area contributed by atoms with E-state index < -0.39 is 17.6 Å². The van der Waals surface area contributed by atoms with E-state index in [1.54, 1.807) is 0 Å². The largest absolute Gasteiger partial charge is 0.419 e. The molecule has 2 saturated heterocycles. The minimum Gasteiger partial charge on any atom is -0.383 e. The summed E-state index contributed by atoms with van der Waals surface area (Å²) in [4.78, 5) is 6.28. The van der Waals surface area contributed by atoms with Crippen molar-refractivity contribution < 1.29 is 17.9 Å². The average Bonchev–Trinajstić information content (AvgIpc) is 2.95. The number of nitrogens with two attached hydrogens (primary N) is 1. The van der Waals surface area contributed by atoms with Crippen molar-refractivity contribution in [1.29, 1.82) is 0 Å². The van der Waals surface area contributed by atoms with E-state index in [4.69, 9.17) is 15.6 Å². The van der Waals surface area contributed by atoms with Gasteiger partial charge in [-0.1, -0.05) is 0 Å². The Bertz CT molecular complexity index is 964. The molecule has 0 radical (unpaired) electrons. The SMILES string of the molecule is CC(C)(C)n1nc(-c2cnc(N)c(C(F)(F)F)c2)cc1[C@@H]1[C@@H]2CN(C3COC3)C[C@@H]21. The molecule has 162 valence electrons. The van der Waals surface area contributed by atoms with Crippen molar-refractivity contribution in [1.82, 2.24) is 19.7 Å². The summed E-state index contributed by atoms with van der Waals surface area (Å²) in [6, 6.07) is 3.54. The second-order valence-electron chi connectivity index (χ2n) is 9.69. The van der Waals surface area contributed by atoms with Crippen LogP contribution in [0.3, 0.4) is 0 Å². The number of fused-ring (bicyclic) bond motifs is 1. The molecule has 6 nitrogen and oxygen atoms in total. The molecular weight excluding hydrogens is 395 g/mol. The van der Waals surface area contributed by atoms with E-state index in [1.807, 2.05) is 10.7 Å². The van der Waals surface area contributed by atoms with E-state index in [1.165, 1.54) is 6.20 Å². The molecule has 3 fully saturated rings. The van der Waals surface area contributed by atoms with E-state index in [-0.39, 0.29) is 5.54 Å². The van der Waals surface area contributed by atoms with Crippen LogP contribution >= 0.6 is 0 Å². The number of aromatic nitrogens is 3. The molecule has 0 amide bonds. The molecule has 5 rings (SSSR count). The van der Waals surface area contributed by atoms with Crippen LogP contribution in [0.1, 0.15) is 37.9 Å². The van der Waals surface area contributed by atoms with Crippen LogP contribution in [0.4, 0.5) is 19.0 Å². The average molecular weight is 421 g/mol. The number of rotatable bonds is 3. The third-order valence-electron chi connectivity index (χ3n) is 6.59. The fourth-order valence-electron chi connectivity index (χ4n) is 4.88. The molecule has 0 spiro atoms. The molecule has 1 saturated carbocycles. The van der Waals surface area contributed by atoms with Crippen molar-refractivity contribution in [2.75, 3.05) is 32.0 Å². The maximum atomic E-state index is 13.3. The number of piperidine rings is 1. The van der Waals surface area contributed by atoms with Gasteiger partial charge in [0.2, 0.25) is 0 Å². The van der Waals surface area contributed by atoms with Gasteiger partial charge in [-0.25, -0.2) is 4.98 Å². The number of likely N-dealkylation sites (tertiary alicyclic amines) is 1. The maximum absolute atomic E-state index is 13.3. The normalized spacial score (nSPS) is 27.2. The molecule has 2 aliphatic heterocycles. The lowest BCUT2D eigenvalue weighted by Gasteiger charge is -2.36. The molecule has 9 heteroatoms. The third-order valence-corrected chi connectivity index (χ3v) is 6.59. The molecule has 0 unspecified atom stereocenters. The number of alkyl halides is 3. The highest BCUT2D eigenvalue weighted by Crippen LogP contribution is 2.59. The van der Waals surface area contributed by atoms with Crippen LogP contribution in [0.5, 0.6) is 0 Å². The van der Waals surface area contributed by atoms with Crippen molar-refractivity contribution in [3.8, 4) is 11.3 Å². The van der Waals surface area contributed by atoms with Gasteiger partial charge < -0.3 is 10.5 Å². The first-order chi connectivity index (χ1) is 14.0. The highest BCUT2D eigenvalue weighted by atomic mass is 19.4. The lowest BCUT2D eigenvalue weighted by atomic mass is 10.1. The summed E-state index contributed by atoms with van der Waals surface area (Å²) >= 11 is 0. The molecule has 0 aromatic carbocycles. The summed E-state index contributed by atoms with van der Waals surface area (Å²) in [5.41, 5.74) is 6.20. The van der Waals surface area contributed by atoms with Gasteiger partial charge in [0, 0.05) is 36.5 Å². The van der Waals surface area contributed by atoms with E-state index in [0.717, 1.165) is 38.1 Å². The second-order valence-corrected chi connectivity index (χ2v) is 9.69. The lowest BCUT2D eigenvalue weighted by molar-refractivity contribution is -0.137. The van der Waals surface area contributed by atoms with Crippen molar-refractivity contribution in [2.45, 2.75) is 44.4 Å². The zero-order valence-electron chi connectivity index (χ0n) is 17.3. The Morgan fingerprint density at radius 1 is 1.10 bits per heavy atom. The summed E-state index contributed by atoms with van der Waals surface area (Å²) in [6.07, 6.45) is -3.18. The summed E-state index contributed by atoms with van der Waals surface area (Å²) in [7, 11) is 0. The third kappa shape index (κ3) is 3.19. The molecule has 1 aliphatic carbocycles. The Balaban J connectivity index is 1.46. The van der Waals surface area contributed by atoms with Gasteiger partial charge in [0.05, 0.1) is 36.1 Å². The van der Waals surface area contributed by atoms with Gasteiger partial charge in [0.15, 0.2) is 0 Å². The Morgan fingerprint density at radius 3 is 2.30 bits per heavy atom. The Kier molecular flexibility index (Phi) is 4.25. The smallest absolute Gasteiger partial charge is 0.383 e. The van der Waals surface area contributed by atoms with Gasteiger partial charge in [0.1, 0.15) is 5.82 Å². The van der Waals surface area contributed by atoms with Crippen LogP contribution in [0.15, 0.2) is 18.3 Å². The van der Waals surface area contributed by atoms with E-state index in [0.29, 0.717) is 35.1 Å². The molecule has 2 N–H and O–H groups in total. The van der Waals surface area contributed by atoms with Crippen molar-refractivity contribution >= 4 is 5.82 Å². The van der Waals surface area contributed by atoms with Gasteiger partial charge >= 0.3 is 6.18 Å². The quantitative estimate of drug-likeness (QED) is 0.823. The summed E-state index contributed by atoms with van der Waals surface area (Å²) in [6.45, 7) is 9.93. The standard InChI is InChI=1S/C21H26F3N5O/c1-20(2,3)29-17(18-13-7-28(8-14(13)18)12-9-30-10-12)5-16(27-29)11-4-15(21(22,23)24)19(25)26-6-11/h4-6,12-14,18H,7-10H2,1-3H3,(H2,25,26)/t13-,14+,18-. The maximum Gasteiger partial charge on any atom is 0.419 e. The zero-order chi connectivity index (χ0) is 21.4. The number of pyridine rings is 1. The Labute approximate surface area is 173 Å². The van der Waals surface area contributed by atoms with Gasteiger partial charge in [-0.05, 0) is 44.7 Å². The monoisotopic (exact) mass is 421 g/mol. The highest BCUT2D eigenvalue weighted by molar-refractivity contribution is 5.63. The minimum atomic E-state index is -4.55. The van der Waals surface area contributed by atoms with E-state index in [9.17, 15) is 13.2 Å². The van der Waals surface area contributed by atoms with Crippen molar-refractivity contribution in [2.24, 2.45) is 11.8 Å². The van der Waals surface area contributed by atoms with Crippen molar-refractivity contribution in [3.05, 3.63) is 29.6 Å². The molecule has 4 heterocycles. The van der Waals surface area contributed by atoms with Crippen LogP contribution < -0.4 is 5.73 Å². The summed E-state index contributed by atoms with van der Waals surface area (Å²) in [5, 5.41) is 4.71. The Morgan fingerprint density at radius 2 is 1.77 bits per heavy atom. The minimum absolute atomic E-state index is 0.278. The van der Waals surface area contributed by atoms with Crippen LogP contribution in [0, 0.1) is 11.8 Å². The van der Waals surface area contributed by atoms with Gasteiger partial charge in [-0.2, -0.15) is 18.3 Å².